The molecular formula is C22H17N3O2. The van der Waals surface area contributed by atoms with Crippen molar-refractivity contribution in [3.05, 3.63) is 89.5 Å². The Morgan fingerprint density at radius 2 is 1.74 bits per heavy atom. The first-order chi connectivity index (χ1) is 13.2. The molecule has 1 unspecified atom stereocenters. The van der Waals surface area contributed by atoms with Crippen molar-refractivity contribution in [2.75, 3.05) is 12.0 Å². The van der Waals surface area contributed by atoms with Crippen LogP contribution >= 0.6 is 0 Å². The van der Waals surface area contributed by atoms with Crippen LogP contribution in [-0.2, 0) is 16.9 Å². The number of fused-ring (bicyclic) bond motifs is 4. The first kappa shape index (κ1) is 15.8. The molecule has 5 heteroatoms. The van der Waals surface area contributed by atoms with Crippen molar-refractivity contribution in [2.24, 2.45) is 10.2 Å². The summed E-state index contributed by atoms with van der Waals surface area (Å²) in [5.41, 5.74) is 3.15. The lowest BCUT2D eigenvalue weighted by Gasteiger charge is -2.21. The molecule has 5 rings (SSSR count). The molecule has 2 aliphatic heterocycles. The number of carbonyl (C=O) groups excluding carboxylic acids is 1. The van der Waals surface area contributed by atoms with Gasteiger partial charge in [0.1, 0.15) is 5.75 Å². The van der Waals surface area contributed by atoms with Crippen LogP contribution in [0.15, 0.2) is 83.0 Å². The maximum atomic E-state index is 13.7. The average Bonchev–Trinajstić information content (AvgIpc) is 3.22. The maximum absolute atomic E-state index is 13.7. The highest BCUT2D eigenvalue weighted by atomic mass is 16.5. The molecule has 132 valence electrons. The summed E-state index contributed by atoms with van der Waals surface area (Å²) >= 11 is 0. The Kier molecular flexibility index (Phi) is 3.37. The van der Waals surface area contributed by atoms with Crippen molar-refractivity contribution in [1.82, 2.24) is 0 Å². The van der Waals surface area contributed by atoms with Crippen molar-refractivity contribution in [1.29, 1.82) is 0 Å². The normalized spacial score (nSPS) is 19.4. The number of rotatable bonds is 3. The molecule has 0 aromatic heterocycles. The van der Waals surface area contributed by atoms with Gasteiger partial charge in [-0.3, -0.25) is 4.79 Å². The summed E-state index contributed by atoms with van der Waals surface area (Å²) in [6, 6.07) is 23.3. The second-order valence-electron chi connectivity index (χ2n) is 6.69. The van der Waals surface area contributed by atoms with E-state index in [2.05, 4.69) is 10.2 Å². The molecule has 1 spiro atoms. The van der Waals surface area contributed by atoms with Gasteiger partial charge in [-0.25, -0.2) is 0 Å². The predicted octanol–water partition coefficient (Wildman–Crippen LogP) is 4.58. The van der Waals surface area contributed by atoms with Crippen molar-refractivity contribution in [2.45, 2.75) is 12.1 Å². The largest absolute Gasteiger partial charge is 0.497 e. The molecule has 1 amide bonds. The molecule has 0 saturated carbocycles. The second kappa shape index (κ2) is 5.77. The summed E-state index contributed by atoms with van der Waals surface area (Å²) in [7, 11) is 1.62. The minimum Gasteiger partial charge on any atom is -0.497 e. The SMILES string of the molecule is COc1ccc2c(c1)C1(N=Nc3ccccc31)C(=O)N2Cc1ccccc1. The number of benzene rings is 3. The Hall–Kier alpha value is -3.47. The van der Waals surface area contributed by atoms with E-state index in [0.717, 1.165) is 28.1 Å². The topological polar surface area (TPSA) is 54.3 Å². The lowest BCUT2D eigenvalue weighted by Crippen LogP contribution is -2.38. The van der Waals surface area contributed by atoms with Crippen molar-refractivity contribution < 1.29 is 9.53 Å². The fraction of sp³-hybridized carbons (Fsp3) is 0.136. The van der Waals surface area contributed by atoms with Crippen LogP contribution in [0.3, 0.4) is 0 Å². The minimum absolute atomic E-state index is 0.0803. The minimum atomic E-state index is -1.13. The van der Waals surface area contributed by atoms with E-state index in [1.807, 2.05) is 72.8 Å². The maximum Gasteiger partial charge on any atom is 0.266 e. The van der Waals surface area contributed by atoms with Crippen LogP contribution in [0, 0.1) is 0 Å². The second-order valence-corrected chi connectivity index (χ2v) is 6.69. The summed E-state index contributed by atoms with van der Waals surface area (Å²) in [5, 5.41) is 8.82. The highest BCUT2D eigenvalue weighted by Crippen LogP contribution is 2.54. The number of ether oxygens (including phenoxy) is 1. The van der Waals surface area contributed by atoms with Gasteiger partial charge in [-0.1, -0.05) is 48.5 Å². The monoisotopic (exact) mass is 355 g/mol. The van der Waals surface area contributed by atoms with Crippen molar-refractivity contribution in [3.63, 3.8) is 0 Å². The van der Waals surface area contributed by atoms with E-state index in [-0.39, 0.29) is 5.91 Å². The molecule has 5 nitrogen and oxygen atoms in total. The van der Waals surface area contributed by atoms with Crippen molar-refractivity contribution in [3.8, 4) is 5.75 Å². The zero-order valence-electron chi connectivity index (χ0n) is 14.8. The van der Waals surface area contributed by atoms with Crippen molar-refractivity contribution >= 4 is 17.3 Å². The smallest absolute Gasteiger partial charge is 0.266 e. The Morgan fingerprint density at radius 3 is 2.56 bits per heavy atom. The van der Waals surface area contributed by atoms with Gasteiger partial charge in [0.25, 0.3) is 5.91 Å². The number of hydrogen-bond donors (Lipinski definition) is 0. The summed E-state index contributed by atoms with van der Waals surface area (Å²) in [6.07, 6.45) is 0. The summed E-state index contributed by atoms with van der Waals surface area (Å²) < 4.78 is 5.42. The van der Waals surface area contributed by atoms with E-state index in [1.54, 1.807) is 12.0 Å². The van der Waals surface area contributed by atoms with Gasteiger partial charge in [-0.2, -0.15) is 10.2 Å². The van der Waals surface area contributed by atoms with Crippen LogP contribution < -0.4 is 9.64 Å². The van der Waals surface area contributed by atoms with Gasteiger partial charge in [-0.05, 0) is 29.8 Å². The third kappa shape index (κ3) is 2.15. The number of hydrogen-bond acceptors (Lipinski definition) is 4. The van der Waals surface area contributed by atoms with Crippen LogP contribution in [-0.4, -0.2) is 13.0 Å². The molecule has 0 radical (unpaired) electrons. The molecule has 0 fully saturated rings. The summed E-state index contributed by atoms with van der Waals surface area (Å²) in [5.74, 6) is 0.616. The Bertz CT molecular complexity index is 1080. The van der Waals surface area contributed by atoms with Gasteiger partial charge in [0.2, 0.25) is 5.54 Å². The molecule has 0 aliphatic carbocycles. The number of azo groups is 1. The lowest BCUT2D eigenvalue weighted by atomic mass is 9.84. The number of methoxy groups -OCH3 is 1. The fourth-order valence-electron chi connectivity index (χ4n) is 3.92. The molecule has 3 aromatic rings. The van der Waals surface area contributed by atoms with E-state index >= 15 is 0 Å². The van der Waals surface area contributed by atoms with Crippen LogP contribution in [0.25, 0.3) is 0 Å². The Morgan fingerprint density at radius 1 is 0.963 bits per heavy atom. The third-order valence-corrected chi connectivity index (χ3v) is 5.22. The lowest BCUT2D eigenvalue weighted by molar-refractivity contribution is -0.121. The molecule has 0 bridgehead atoms. The predicted molar refractivity (Wildman–Crippen MR) is 102 cm³/mol. The molecule has 27 heavy (non-hydrogen) atoms. The molecule has 2 heterocycles. The first-order valence-corrected chi connectivity index (χ1v) is 8.81. The molecular weight excluding hydrogens is 338 g/mol. The van der Waals surface area contributed by atoms with E-state index in [0.29, 0.717) is 12.3 Å². The Labute approximate surface area is 156 Å². The van der Waals surface area contributed by atoms with Crippen LogP contribution in [0.2, 0.25) is 0 Å². The quantitative estimate of drug-likeness (QED) is 0.690. The van der Waals surface area contributed by atoms with Crippen LogP contribution in [0.5, 0.6) is 5.75 Å². The number of nitrogens with zero attached hydrogens (tertiary/aromatic N) is 3. The van der Waals surface area contributed by atoms with Gasteiger partial charge in [0, 0.05) is 11.1 Å². The summed E-state index contributed by atoms with van der Waals surface area (Å²) in [4.78, 5) is 15.5. The molecule has 2 aliphatic rings. The van der Waals surface area contributed by atoms with Gasteiger partial charge in [0.15, 0.2) is 0 Å². The highest BCUT2D eigenvalue weighted by molar-refractivity contribution is 6.11. The van der Waals surface area contributed by atoms with E-state index in [4.69, 9.17) is 4.74 Å². The van der Waals surface area contributed by atoms with E-state index in [1.165, 1.54) is 0 Å². The standard InChI is InChI=1S/C22H17N3O2/c1-27-16-11-12-20-18(13-16)22(17-9-5-6-10-19(17)23-24-22)21(26)25(20)14-15-7-3-2-4-8-15/h2-13H,14H2,1H3. The van der Waals surface area contributed by atoms with Crippen LogP contribution in [0.4, 0.5) is 11.4 Å². The van der Waals surface area contributed by atoms with E-state index in [9.17, 15) is 4.79 Å². The highest BCUT2D eigenvalue weighted by Gasteiger charge is 2.56. The molecule has 3 aromatic carbocycles. The fourth-order valence-corrected chi connectivity index (χ4v) is 3.92. The number of carbonyl (C=O) groups is 1. The number of anilines is 1. The van der Waals surface area contributed by atoms with Crippen LogP contribution in [0.1, 0.15) is 16.7 Å². The zero-order valence-corrected chi connectivity index (χ0v) is 14.8. The molecule has 1 atom stereocenters. The number of amides is 1. The van der Waals surface area contributed by atoms with Gasteiger partial charge in [0.05, 0.1) is 25.0 Å². The first-order valence-electron chi connectivity index (χ1n) is 8.81. The third-order valence-electron chi connectivity index (χ3n) is 5.22. The van der Waals surface area contributed by atoms with Gasteiger partial charge >= 0.3 is 0 Å². The van der Waals surface area contributed by atoms with Gasteiger partial charge < -0.3 is 9.64 Å². The van der Waals surface area contributed by atoms with E-state index < -0.39 is 5.54 Å². The Balaban J connectivity index is 1.71. The molecule has 0 saturated heterocycles. The zero-order chi connectivity index (χ0) is 18.4. The molecule has 0 N–H and O–H groups in total. The van der Waals surface area contributed by atoms with Gasteiger partial charge in [-0.15, -0.1) is 0 Å². The average molecular weight is 355 g/mol. The summed E-state index contributed by atoms with van der Waals surface area (Å²) in [6.45, 7) is 0.485.